The zero-order chi connectivity index (χ0) is 14.5. The molecule has 0 aliphatic heterocycles. The second-order valence-electron chi connectivity index (χ2n) is 4.31. The average molecular weight is 334 g/mol. The van der Waals surface area contributed by atoms with Gasteiger partial charge in [-0.15, -0.1) is 0 Å². The number of benzene rings is 2. The van der Waals surface area contributed by atoms with Crippen molar-refractivity contribution in [3.05, 3.63) is 58.1 Å². The van der Waals surface area contributed by atoms with Crippen LogP contribution in [0.15, 0.2) is 46.9 Å². The Labute approximate surface area is 127 Å². The first kappa shape index (κ1) is 14.6. The highest BCUT2D eigenvalue weighted by atomic mass is 79.9. The molecule has 0 unspecified atom stereocenters. The third-order valence-electron chi connectivity index (χ3n) is 3.06. The Bertz CT molecular complexity index is 626. The Morgan fingerprint density at radius 1 is 1.25 bits per heavy atom. The molecule has 2 aromatic rings. The fourth-order valence-electron chi connectivity index (χ4n) is 1.97. The van der Waals surface area contributed by atoms with E-state index < -0.39 is 0 Å². The molecule has 1 amide bonds. The van der Waals surface area contributed by atoms with E-state index in [1.807, 2.05) is 43.3 Å². The smallest absolute Gasteiger partial charge is 0.255 e. The lowest BCUT2D eigenvalue weighted by atomic mass is 10.0. The molecule has 1 N–H and O–H groups in total. The molecule has 20 heavy (non-hydrogen) atoms. The summed E-state index contributed by atoms with van der Waals surface area (Å²) in [6.07, 6.45) is 0.822. The highest BCUT2D eigenvalue weighted by Gasteiger charge is 2.12. The van der Waals surface area contributed by atoms with Gasteiger partial charge in [-0.2, -0.15) is 0 Å². The van der Waals surface area contributed by atoms with Crippen LogP contribution in [0.2, 0.25) is 0 Å². The van der Waals surface area contributed by atoms with Gasteiger partial charge in [-0.25, -0.2) is 0 Å². The third-order valence-corrected chi connectivity index (χ3v) is 3.76. The van der Waals surface area contributed by atoms with Crippen molar-refractivity contribution >= 4 is 27.5 Å². The van der Waals surface area contributed by atoms with E-state index in [1.54, 1.807) is 13.2 Å². The first-order valence-electron chi connectivity index (χ1n) is 6.38. The Balaban J connectivity index is 2.27. The van der Waals surface area contributed by atoms with Gasteiger partial charge in [0.05, 0.1) is 12.8 Å². The molecule has 0 saturated heterocycles. The van der Waals surface area contributed by atoms with Crippen molar-refractivity contribution in [2.45, 2.75) is 13.3 Å². The van der Waals surface area contributed by atoms with Crippen LogP contribution in [0, 0.1) is 0 Å². The van der Waals surface area contributed by atoms with E-state index in [4.69, 9.17) is 4.74 Å². The number of halogens is 1. The molecule has 4 heteroatoms. The van der Waals surface area contributed by atoms with Gasteiger partial charge in [-0.3, -0.25) is 4.79 Å². The quantitative estimate of drug-likeness (QED) is 0.907. The molecule has 0 heterocycles. The number of hydrogen-bond donors (Lipinski definition) is 1. The first-order valence-corrected chi connectivity index (χ1v) is 7.17. The van der Waals surface area contributed by atoms with Gasteiger partial charge in [0.2, 0.25) is 0 Å². The molecule has 2 aromatic carbocycles. The molecule has 0 fully saturated rings. The van der Waals surface area contributed by atoms with Gasteiger partial charge in [0.1, 0.15) is 5.75 Å². The zero-order valence-corrected chi connectivity index (χ0v) is 13.0. The standard InChI is InChI=1S/C16H16BrNO2/c1-3-11-6-4-5-7-13(11)16(19)18-15-10-12(20-2)8-9-14(15)17/h4-10H,3H2,1-2H3,(H,18,19). The van der Waals surface area contributed by atoms with Gasteiger partial charge < -0.3 is 10.1 Å². The zero-order valence-electron chi connectivity index (χ0n) is 11.4. The summed E-state index contributed by atoms with van der Waals surface area (Å²) in [6, 6.07) is 13.1. The molecule has 0 radical (unpaired) electrons. The minimum absolute atomic E-state index is 0.114. The fraction of sp³-hybridized carbons (Fsp3) is 0.188. The summed E-state index contributed by atoms with van der Waals surface area (Å²) >= 11 is 3.43. The second-order valence-corrected chi connectivity index (χ2v) is 5.16. The monoisotopic (exact) mass is 333 g/mol. The first-order chi connectivity index (χ1) is 9.65. The Morgan fingerprint density at radius 3 is 2.70 bits per heavy atom. The number of amides is 1. The van der Waals surface area contributed by atoms with E-state index in [9.17, 15) is 4.79 Å². The molecule has 0 aliphatic carbocycles. The number of carbonyl (C=O) groups excluding carboxylic acids is 1. The van der Waals surface area contributed by atoms with Gasteiger partial charge >= 0.3 is 0 Å². The van der Waals surface area contributed by atoms with E-state index in [-0.39, 0.29) is 5.91 Å². The van der Waals surface area contributed by atoms with E-state index >= 15 is 0 Å². The maximum absolute atomic E-state index is 12.4. The summed E-state index contributed by atoms with van der Waals surface area (Å²) in [5.74, 6) is 0.587. The lowest BCUT2D eigenvalue weighted by molar-refractivity contribution is 0.102. The van der Waals surface area contributed by atoms with Crippen LogP contribution in [0.1, 0.15) is 22.8 Å². The number of rotatable bonds is 4. The summed E-state index contributed by atoms with van der Waals surface area (Å²) in [6.45, 7) is 2.04. The van der Waals surface area contributed by atoms with Crippen LogP contribution in [-0.4, -0.2) is 13.0 Å². The fourth-order valence-corrected chi connectivity index (χ4v) is 2.31. The molecular weight excluding hydrogens is 318 g/mol. The number of ether oxygens (including phenoxy) is 1. The molecule has 0 aliphatic rings. The van der Waals surface area contributed by atoms with E-state index in [1.165, 1.54) is 0 Å². The molecule has 0 aromatic heterocycles. The van der Waals surface area contributed by atoms with Crippen LogP contribution in [0.4, 0.5) is 5.69 Å². The highest BCUT2D eigenvalue weighted by molar-refractivity contribution is 9.10. The summed E-state index contributed by atoms with van der Waals surface area (Å²) in [5.41, 5.74) is 2.42. The Morgan fingerprint density at radius 2 is 2.00 bits per heavy atom. The Kier molecular flexibility index (Phi) is 4.79. The molecule has 0 spiro atoms. The van der Waals surface area contributed by atoms with Crippen LogP contribution >= 0.6 is 15.9 Å². The van der Waals surface area contributed by atoms with E-state index in [0.717, 1.165) is 16.5 Å². The average Bonchev–Trinajstić information content (AvgIpc) is 2.49. The summed E-state index contributed by atoms with van der Waals surface area (Å²) in [4.78, 5) is 12.4. The van der Waals surface area contributed by atoms with Gasteiger partial charge in [-0.1, -0.05) is 25.1 Å². The van der Waals surface area contributed by atoms with Crippen LogP contribution in [0.25, 0.3) is 0 Å². The number of anilines is 1. The minimum atomic E-state index is -0.114. The van der Waals surface area contributed by atoms with Gasteiger partial charge in [0, 0.05) is 16.1 Å². The molecule has 0 atom stereocenters. The van der Waals surface area contributed by atoms with Crippen molar-refractivity contribution in [1.29, 1.82) is 0 Å². The Hall–Kier alpha value is -1.81. The lowest BCUT2D eigenvalue weighted by Gasteiger charge is -2.11. The van der Waals surface area contributed by atoms with Crippen molar-refractivity contribution in [3.8, 4) is 5.75 Å². The number of carbonyl (C=O) groups is 1. The van der Waals surface area contributed by atoms with E-state index in [2.05, 4.69) is 21.2 Å². The van der Waals surface area contributed by atoms with Gasteiger partial charge in [-0.05, 0) is 46.1 Å². The van der Waals surface area contributed by atoms with Crippen molar-refractivity contribution < 1.29 is 9.53 Å². The molecule has 104 valence electrons. The van der Waals surface area contributed by atoms with Crippen molar-refractivity contribution in [3.63, 3.8) is 0 Å². The minimum Gasteiger partial charge on any atom is -0.497 e. The van der Waals surface area contributed by atoms with Crippen LogP contribution in [0.5, 0.6) is 5.75 Å². The van der Waals surface area contributed by atoms with E-state index in [0.29, 0.717) is 17.0 Å². The van der Waals surface area contributed by atoms with Crippen LogP contribution in [-0.2, 0) is 6.42 Å². The predicted molar refractivity (Wildman–Crippen MR) is 84.5 cm³/mol. The molecule has 0 bridgehead atoms. The van der Waals surface area contributed by atoms with Crippen LogP contribution in [0.3, 0.4) is 0 Å². The van der Waals surface area contributed by atoms with Crippen molar-refractivity contribution in [2.24, 2.45) is 0 Å². The third kappa shape index (κ3) is 3.20. The number of aryl methyl sites for hydroxylation is 1. The molecule has 2 rings (SSSR count). The summed E-state index contributed by atoms with van der Waals surface area (Å²) < 4.78 is 5.99. The van der Waals surface area contributed by atoms with Gasteiger partial charge in [0.15, 0.2) is 0 Å². The second kappa shape index (κ2) is 6.57. The largest absolute Gasteiger partial charge is 0.497 e. The predicted octanol–water partition coefficient (Wildman–Crippen LogP) is 4.27. The van der Waals surface area contributed by atoms with Gasteiger partial charge in [0.25, 0.3) is 5.91 Å². The molecule has 3 nitrogen and oxygen atoms in total. The summed E-state index contributed by atoms with van der Waals surface area (Å²) in [7, 11) is 1.60. The normalized spacial score (nSPS) is 10.2. The number of hydrogen-bond acceptors (Lipinski definition) is 2. The maximum atomic E-state index is 12.4. The lowest BCUT2D eigenvalue weighted by Crippen LogP contribution is -2.14. The number of methoxy groups -OCH3 is 1. The maximum Gasteiger partial charge on any atom is 0.255 e. The summed E-state index contributed by atoms with van der Waals surface area (Å²) in [5, 5.41) is 2.91. The number of nitrogens with one attached hydrogen (secondary N) is 1. The molecule has 0 saturated carbocycles. The SMILES string of the molecule is CCc1ccccc1C(=O)Nc1cc(OC)ccc1Br. The topological polar surface area (TPSA) is 38.3 Å². The highest BCUT2D eigenvalue weighted by Crippen LogP contribution is 2.27. The van der Waals surface area contributed by atoms with Crippen molar-refractivity contribution in [1.82, 2.24) is 0 Å². The van der Waals surface area contributed by atoms with Crippen LogP contribution < -0.4 is 10.1 Å². The van der Waals surface area contributed by atoms with Crippen molar-refractivity contribution in [2.75, 3.05) is 12.4 Å². The molecular formula is C16H16BrNO2.